The Morgan fingerprint density at radius 1 is 0.912 bits per heavy atom. The number of benzene rings is 3. The van der Waals surface area contributed by atoms with E-state index in [1.807, 2.05) is 30.3 Å². The number of hydrogen-bond donors (Lipinski definition) is 1. The second-order valence-corrected chi connectivity index (χ2v) is 7.56. The van der Waals surface area contributed by atoms with Crippen LogP contribution in [0, 0.1) is 0 Å². The highest BCUT2D eigenvalue weighted by atomic mass is 16.5. The molecule has 0 amide bonds. The van der Waals surface area contributed by atoms with Gasteiger partial charge in [-0.05, 0) is 42.0 Å². The summed E-state index contributed by atoms with van der Waals surface area (Å²) in [5.74, 6) is 1.75. The molecular weight excluding hydrogens is 436 g/mol. The average molecular weight is 456 g/mol. The number of aromatic nitrogens is 4. The molecule has 0 saturated heterocycles. The monoisotopic (exact) mass is 456 g/mol. The molecule has 0 radical (unpaired) electrons. The molecule has 0 aliphatic carbocycles. The normalized spacial score (nSPS) is 11.0. The molecule has 9 nitrogen and oxygen atoms in total. The number of rotatable bonds is 6. The molecule has 0 fully saturated rings. The van der Waals surface area contributed by atoms with Crippen LogP contribution in [0.5, 0.6) is 11.5 Å². The van der Waals surface area contributed by atoms with Crippen LogP contribution in [0.15, 0.2) is 80.8 Å². The van der Waals surface area contributed by atoms with Crippen LogP contribution in [-0.2, 0) is 6.54 Å². The van der Waals surface area contributed by atoms with Gasteiger partial charge < -0.3 is 19.0 Å². The van der Waals surface area contributed by atoms with E-state index in [9.17, 15) is 9.59 Å². The summed E-state index contributed by atoms with van der Waals surface area (Å²) in [6, 6.07) is 19.6. The first kappa shape index (κ1) is 21.2. The number of methoxy groups -OCH3 is 2. The molecule has 0 unspecified atom stereocenters. The van der Waals surface area contributed by atoms with E-state index in [1.165, 1.54) is 4.57 Å². The smallest absolute Gasteiger partial charge is 0.329 e. The van der Waals surface area contributed by atoms with Crippen molar-refractivity contribution in [3.63, 3.8) is 0 Å². The summed E-state index contributed by atoms with van der Waals surface area (Å²) < 4.78 is 17.2. The molecule has 5 aromatic rings. The van der Waals surface area contributed by atoms with Crippen LogP contribution in [0.25, 0.3) is 33.7 Å². The number of fused-ring (bicyclic) bond motifs is 1. The van der Waals surface area contributed by atoms with E-state index in [1.54, 1.807) is 50.6 Å². The third kappa shape index (κ3) is 3.83. The predicted molar refractivity (Wildman–Crippen MR) is 126 cm³/mol. The molecule has 0 atom stereocenters. The Balaban J connectivity index is 1.50. The van der Waals surface area contributed by atoms with E-state index in [4.69, 9.17) is 14.0 Å². The summed E-state index contributed by atoms with van der Waals surface area (Å²) in [4.78, 5) is 32.9. The van der Waals surface area contributed by atoms with Crippen molar-refractivity contribution in [1.82, 2.24) is 19.7 Å². The van der Waals surface area contributed by atoms with Gasteiger partial charge in [-0.15, -0.1) is 0 Å². The lowest BCUT2D eigenvalue weighted by Gasteiger charge is -2.07. The number of H-pyrrole nitrogens is 1. The number of aromatic amines is 1. The van der Waals surface area contributed by atoms with Gasteiger partial charge in [-0.2, -0.15) is 4.98 Å². The van der Waals surface area contributed by atoms with Crippen LogP contribution < -0.4 is 20.7 Å². The van der Waals surface area contributed by atoms with Gasteiger partial charge in [0.05, 0.1) is 31.7 Å². The minimum absolute atomic E-state index is 0.186. The van der Waals surface area contributed by atoms with Crippen molar-refractivity contribution in [1.29, 1.82) is 0 Å². The van der Waals surface area contributed by atoms with Gasteiger partial charge in [-0.3, -0.25) is 9.36 Å². The first-order chi connectivity index (χ1) is 16.6. The molecule has 0 saturated carbocycles. The van der Waals surface area contributed by atoms with Gasteiger partial charge in [0, 0.05) is 11.1 Å². The molecule has 2 aromatic heterocycles. The summed E-state index contributed by atoms with van der Waals surface area (Å²) in [7, 11) is 3.11. The molecule has 3 aromatic carbocycles. The number of hydrogen-bond acceptors (Lipinski definition) is 7. The second kappa shape index (κ2) is 8.70. The molecule has 0 spiro atoms. The van der Waals surface area contributed by atoms with Crippen LogP contribution in [0.4, 0.5) is 0 Å². The molecule has 0 aliphatic rings. The van der Waals surface area contributed by atoms with Crippen LogP contribution in [0.1, 0.15) is 5.56 Å². The van der Waals surface area contributed by atoms with Gasteiger partial charge in [0.15, 0.2) is 11.5 Å². The van der Waals surface area contributed by atoms with Crippen molar-refractivity contribution in [3.05, 3.63) is 93.1 Å². The molecule has 2 heterocycles. The predicted octanol–water partition coefficient (Wildman–Crippen LogP) is 3.47. The van der Waals surface area contributed by atoms with Gasteiger partial charge in [-0.1, -0.05) is 35.5 Å². The summed E-state index contributed by atoms with van der Waals surface area (Å²) in [6.45, 7) is 0.186. The Bertz CT molecular complexity index is 1600. The van der Waals surface area contributed by atoms with E-state index in [0.29, 0.717) is 39.4 Å². The van der Waals surface area contributed by atoms with E-state index < -0.39 is 5.69 Å². The van der Waals surface area contributed by atoms with Crippen molar-refractivity contribution in [2.45, 2.75) is 6.54 Å². The maximum Gasteiger partial charge on any atom is 0.329 e. The van der Waals surface area contributed by atoms with Crippen molar-refractivity contribution in [2.24, 2.45) is 0 Å². The Morgan fingerprint density at radius 3 is 2.44 bits per heavy atom. The highest BCUT2D eigenvalue weighted by Gasteiger charge is 2.15. The van der Waals surface area contributed by atoms with Gasteiger partial charge >= 0.3 is 5.69 Å². The number of ether oxygens (including phenoxy) is 2. The summed E-state index contributed by atoms with van der Waals surface area (Å²) >= 11 is 0. The summed E-state index contributed by atoms with van der Waals surface area (Å²) in [5.41, 5.74) is 1.65. The standard InChI is InChI=1S/C25H20N4O5/c1-32-20-11-9-16(13-21(20)33-2)22-27-23(34-28-22)17-8-10-18-19(12-17)26-25(31)29(24(18)30)14-15-6-4-3-5-7-15/h3-13H,14H2,1-2H3,(H,26,31). The fraction of sp³-hybridized carbons (Fsp3) is 0.120. The lowest BCUT2D eigenvalue weighted by atomic mass is 10.1. The molecule has 34 heavy (non-hydrogen) atoms. The summed E-state index contributed by atoms with van der Waals surface area (Å²) in [6.07, 6.45) is 0. The zero-order valence-corrected chi connectivity index (χ0v) is 18.4. The minimum Gasteiger partial charge on any atom is -0.493 e. The van der Waals surface area contributed by atoms with Crippen LogP contribution in [0.2, 0.25) is 0 Å². The highest BCUT2D eigenvalue weighted by molar-refractivity contribution is 5.82. The second-order valence-electron chi connectivity index (χ2n) is 7.56. The first-order valence-corrected chi connectivity index (χ1v) is 10.4. The zero-order valence-electron chi connectivity index (χ0n) is 18.4. The van der Waals surface area contributed by atoms with Crippen LogP contribution >= 0.6 is 0 Å². The Hall–Kier alpha value is -4.66. The number of nitrogens with zero attached hydrogens (tertiary/aromatic N) is 3. The quantitative estimate of drug-likeness (QED) is 0.416. The lowest BCUT2D eigenvalue weighted by Crippen LogP contribution is -2.35. The Labute approximate surface area is 193 Å². The highest BCUT2D eigenvalue weighted by Crippen LogP contribution is 2.32. The summed E-state index contributed by atoms with van der Waals surface area (Å²) in [5, 5.41) is 4.44. The zero-order chi connectivity index (χ0) is 23.7. The number of nitrogens with one attached hydrogen (secondary N) is 1. The van der Waals surface area contributed by atoms with Gasteiger partial charge in [0.1, 0.15) is 0 Å². The van der Waals surface area contributed by atoms with E-state index in [2.05, 4.69) is 15.1 Å². The largest absolute Gasteiger partial charge is 0.493 e. The molecular formula is C25H20N4O5. The lowest BCUT2D eigenvalue weighted by molar-refractivity contribution is 0.355. The molecule has 1 N–H and O–H groups in total. The van der Waals surface area contributed by atoms with Gasteiger partial charge in [0.2, 0.25) is 5.82 Å². The van der Waals surface area contributed by atoms with Crippen molar-refractivity contribution in [3.8, 4) is 34.3 Å². The molecule has 170 valence electrons. The molecule has 5 rings (SSSR count). The topological polar surface area (TPSA) is 112 Å². The third-order valence-electron chi connectivity index (χ3n) is 5.48. The molecule has 0 aliphatic heterocycles. The Kier molecular flexibility index (Phi) is 5.43. The maximum absolute atomic E-state index is 13.0. The van der Waals surface area contributed by atoms with Crippen molar-refractivity contribution < 1.29 is 14.0 Å². The fourth-order valence-electron chi connectivity index (χ4n) is 3.73. The fourth-order valence-corrected chi connectivity index (χ4v) is 3.73. The molecule has 0 bridgehead atoms. The third-order valence-corrected chi connectivity index (χ3v) is 5.48. The van der Waals surface area contributed by atoms with E-state index in [0.717, 1.165) is 5.56 Å². The first-order valence-electron chi connectivity index (χ1n) is 10.4. The van der Waals surface area contributed by atoms with Crippen molar-refractivity contribution in [2.75, 3.05) is 14.2 Å². The maximum atomic E-state index is 13.0. The van der Waals surface area contributed by atoms with Gasteiger partial charge in [-0.25, -0.2) is 4.79 Å². The van der Waals surface area contributed by atoms with E-state index >= 15 is 0 Å². The molecule has 9 heteroatoms. The van der Waals surface area contributed by atoms with E-state index in [-0.39, 0.29) is 18.0 Å². The van der Waals surface area contributed by atoms with Crippen LogP contribution in [-0.4, -0.2) is 33.9 Å². The average Bonchev–Trinajstić information content (AvgIpc) is 3.37. The van der Waals surface area contributed by atoms with Crippen molar-refractivity contribution >= 4 is 10.9 Å². The minimum atomic E-state index is -0.491. The van der Waals surface area contributed by atoms with Gasteiger partial charge in [0.25, 0.3) is 11.4 Å². The van der Waals surface area contributed by atoms with Crippen LogP contribution in [0.3, 0.4) is 0 Å². The SMILES string of the molecule is COc1ccc(-c2noc(-c3ccc4c(=O)n(Cc5ccccc5)c(=O)[nH]c4c3)n2)cc1OC. The Morgan fingerprint density at radius 2 is 1.68 bits per heavy atom.